The lowest BCUT2D eigenvalue weighted by atomic mass is 9.96. The van der Waals surface area contributed by atoms with Crippen LogP contribution in [0, 0.1) is 11.7 Å². The number of carbonyl (C=O) groups is 3. The van der Waals surface area contributed by atoms with Gasteiger partial charge in [-0.3, -0.25) is 25.2 Å². The number of para-hydroxylation sites is 1. The van der Waals surface area contributed by atoms with Crippen molar-refractivity contribution in [3.05, 3.63) is 77.4 Å². The second kappa shape index (κ2) is 10.9. The minimum atomic E-state index is -0.419. The second-order valence-corrected chi connectivity index (χ2v) is 8.95. The largest absolute Gasteiger partial charge is 0.484 e. The number of rotatable bonds is 6. The first kappa shape index (κ1) is 23.4. The van der Waals surface area contributed by atoms with Gasteiger partial charge >= 0.3 is 0 Å². The highest BCUT2D eigenvalue weighted by Crippen LogP contribution is 2.28. The van der Waals surface area contributed by atoms with Gasteiger partial charge in [-0.15, -0.1) is 11.3 Å². The van der Waals surface area contributed by atoms with Crippen LogP contribution in [0.5, 0.6) is 5.75 Å². The molecule has 0 bridgehead atoms. The van der Waals surface area contributed by atoms with Crippen molar-refractivity contribution in [2.24, 2.45) is 5.92 Å². The second-order valence-electron chi connectivity index (χ2n) is 7.87. The highest BCUT2D eigenvalue weighted by molar-refractivity contribution is 7.17. The average molecular weight is 482 g/mol. The number of benzene rings is 2. The molecule has 0 unspecified atom stereocenters. The molecule has 0 atom stereocenters. The van der Waals surface area contributed by atoms with Crippen LogP contribution in [-0.2, 0) is 9.59 Å². The number of nitrogens with one attached hydrogen (secondary N) is 2. The number of amides is 3. The van der Waals surface area contributed by atoms with Gasteiger partial charge in [-0.25, -0.2) is 4.39 Å². The van der Waals surface area contributed by atoms with Gasteiger partial charge in [0.2, 0.25) is 5.91 Å². The normalized spacial score (nSPS) is 13.9. The molecule has 1 aliphatic rings. The quantitative estimate of drug-likeness (QED) is 0.527. The number of ether oxygens (including phenoxy) is 1. The Morgan fingerprint density at radius 3 is 2.35 bits per heavy atom. The minimum Gasteiger partial charge on any atom is -0.484 e. The lowest BCUT2D eigenvalue weighted by molar-refractivity contribution is -0.137. The van der Waals surface area contributed by atoms with Gasteiger partial charge in [0.05, 0.1) is 4.88 Å². The molecule has 0 aliphatic carbocycles. The average Bonchev–Trinajstić information content (AvgIpc) is 3.37. The molecule has 176 valence electrons. The maximum atomic E-state index is 13.1. The smallest absolute Gasteiger partial charge is 0.279 e. The maximum Gasteiger partial charge on any atom is 0.279 e. The molecular weight excluding hydrogens is 457 g/mol. The van der Waals surface area contributed by atoms with E-state index in [1.807, 2.05) is 18.2 Å². The van der Waals surface area contributed by atoms with E-state index in [4.69, 9.17) is 4.74 Å². The molecule has 4 rings (SSSR count). The zero-order valence-corrected chi connectivity index (χ0v) is 19.1. The van der Waals surface area contributed by atoms with Gasteiger partial charge in [-0.2, -0.15) is 0 Å². The van der Waals surface area contributed by atoms with E-state index in [-0.39, 0.29) is 30.2 Å². The number of hydrogen-bond donors (Lipinski definition) is 2. The number of thiophene rings is 1. The van der Waals surface area contributed by atoms with E-state index in [2.05, 4.69) is 10.9 Å². The topological polar surface area (TPSA) is 87.7 Å². The summed E-state index contributed by atoms with van der Waals surface area (Å²) >= 11 is 1.25. The number of nitrogens with zero attached hydrogens (tertiary/aromatic N) is 1. The highest BCUT2D eigenvalue weighted by Gasteiger charge is 2.28. The van der Waals surface area contributed by atoms with E-state index in [0.29, 0.717) is 36.6 Å². The summed E-state index contributed by atoms with van der Waals surface area (Å²) in [6.45, 7) is 0.863. The SMILES string of the molecule is O=C(NNC(=O)C1CCN(C(=O)COc2ccccc2)CC1)c1ccc(-c2ccc(F)cc2)s1. The molecule has 2 heterocycles. The molecule has 1 fully saturated rings. The number of likely N-dealkylation sites (tertiary alicyclic amines) is 1. The Morgan fingerprint density at radius 1 is 0.941 bits per heavy atom. The first-order valence-electron chi connectivity index (χ1n) is 10.9. The third kappa shape index (κ3) is 5.99. The summed E-state index contributed by atoms with van der Waals surface area (Å²) in [5.41, 5.74) is 5.75. The third-order valence-electron chi connectivity index (χ3n) is 5.58. The first-order chi connectivity index (χ1) is 16.5. The van der Waals surface area contributed by atoms with E-state index in [1.165, 1.54) is 23.5 Å². The van der Waals surface area contributed by atoms with Crippen LogP contribution in [0.3, 0.4) is 0 Å². The molecular formula is C25H24FN3O4S. The molecule has 1 aliphatic heterocycles. The van der Waals surface area contributed by atoms with Crippen molar-refractivity contribution in [3.63, 3.8) is 0 Å². The summed E-state index contributed by atoms with van der Waals surface area (Å²) in [6.07, 6.45) is 1.01. The van der Waals surface area contributed by atoms with Crippen molar-refractivity contribution in [2.45, 2.75) is 12.8 Å². The third-order valence-corrected chi connectivity index (χ3v) is 6.71. The summed E-state index contributed by atoms with van der Waals surface area (Å²) in [5, 5.41) is 0. The van der Waals surface area contributed by atoms with E-state index in [9.17, 15) is 18.8 Å². The van der Waals surface area contributed by atoms with Gasteiger partial charge in [-0.05, 0) is 54.8 Å². The minimum absolute atomic E-state index is 0.0440. The summed E-state index contributed by atoms with van der Waals surface area (Å²) in [5.74, 6) is -0.801. The zero-order valence-electron chi connectivity index (χ0n) is 18.3. The zero-order chi connectivity index (χ0) is 23.9. The summed E-state index contributed by atoms with van der Waals surface area (Å²) in [6, 6.07) is 18.6. The predicted molar refractivity (Wildman–Crippen MR) is 127 cm³/mol. The van der Waals surface area contributed by atoms with Crippen LogP contribution in [0.15, 0.2) is 66.7 Å². The van der Waals surface area contributed by atoms with Crippen LogP contribution in [0.25, 0.3) is 10.4 Å². The Labute approximate surface area is 200 Å². The van der Waals surface area contributed by atoms with Gasteiger partial charge in [0.15, 0.2) is 6.61 Å². The van der Waals surface area contributed by atoms with E-state index < -0.39 is 5.91 Å². The van der Waals surface area contributed by atoms with Crippen LogP contribution >= 0.6 is 11.3 Å². The van der Waals surface area contributed by atoms with Crippen molar-refractivity contribution in [1.29, 1.82) is 0 Å². The molecule has 1 saturated heterocycles. The van der Waals surface area contributed by atoms with Crippen LogP contribution < -0.4 is 15.6 Å². The van der Waals surface area contributed by atoms with Gasteiger partial charge in [0.25, 0.3) is 11.8 Å². The molecule has 0 spiro atoms. The van der Waals surface area contributed by atoms with Crippen molar-refractivity contribution in [1.82, 2.24) is 15.8 Å². The Bertz CT molecular complexity index is 1140. The van der Waals surface area contributed by atoms with E-state index in [1.54, 1.807) is 41.3 Å². The Hall–Kier alpha value is -3.72. The lowest BCUT2D eigenvalue weighted by Gasteiger charge is -2.31. The molecule has 3 amide bonds. The molecule has 0 radical (unpaired) electrons. The van der Waals surface area contributed by atoms with Gasteiger partial charge < -0.3 is 9.64 Å². The van der Waals surface area contributed by atoms with E-state index in [0.717, 1.165) is 10.4 Å². The van der Waals surface area contributed by atoms with Crippen molar-refractivity contribution in [3.8, 4) is 16.2 Å². The van der Waals surface area contributed by atoms with Crippen molar-refractivity contribution >= 4 is 29.1 Å². The fraction of sp³-hybridized carbons (Fsp3) is 0.240. The summed E-state index contributed by atoms with van der Waals surface area (Å²) in [7, 11) is 0. The molecule has 2 aromatic carbocycles. The fourth-order valence-electron chi connectivity index (χ4n) is 3.66. The molecule has 1 aromatic heterocycles. The Morgan fingerprint density at radius 2 is 1.65 bits per heavy atom. The molecule has 7 nitrogen and oxygen atoms in total. The predicted octanol–water partition coefficient (Wildman–Crippen LogP) is 3.63. The number of hydrazine groups is 1. The fourth-order valence-corrected chi connectivity index (χ4v) is 4.56. The number of carbonyl (C=O) groups excluding carboxylic acids is 3. The molecule has 2 N–H and O–H groups in total. The Kier molecular flexibility index (Phi) is 7.54. The van der Waals surface area contributed by atoms with Crippen LogP contribution in [0.4, 0.5) is 4.39 Å². The summed E-state index contributed by atoms with van der Waals surface area (Å²) < 4.78 is 18.6. The van der Waals surface area contributed by atoms with Gasteiger partial charge in [0.1, 0.15) is 11.6 Å². The van der Waals surface area contributed by atoms with Crippen LogP contribution in [-0.4, -0.2) is 42.3 Å². The van der Waals surface area contributed by atoms with Crippen molar-refractivity contribution < 1.29 is 23.5 Å². The first-order valence-corrected chi connectivity index (χ1v) is 11.7. The maximum absolute atomic E-state index is 13.1. The molecule has 0 saturated carbocycles. The van der Waals surface area contributed by atoms with Crippen molar-refractivity contribution in [2.75, 3.05) is 19.7 Å². The van der Waals surface area contributed by atoms with Gasteiger partial charge in [0, 0.05) is 23.9 Å². The summed E-state index contributed by atoms with van der Waals surface area (Å²) in [4.78, 5) is 40.2. The molecule has 3 aromatic rings. The van der Waals surface area contributed by atoms with Gasteiger partial charge in [-0.1, -0.05) is 30.3 Å². The number of hydrogen-bond acceptors (Lipinski definition) is 5. The lowest BCUT2D eigenvalue weighted by Crippen LogP contribution is -2.48. The number of halogens is 1. The van der Waals surface area contributed by atoms with Crippen LogP contribution in [0.1, 0.15) is 22.5 Å². The highest BCUT2D eigenvalue weighted by atomic mass is 32.1. The molecule has 9 heteroatoms. The monoisotopic (exact) mass is 481 g/mol. The van der Waals surface area contributed by atoms with E-state index >= 15 is 0 Å². The Balaban J connectivity index is 1.20. The number of piperidine rings is 1. The standard InChI is InChI=1S/C25H24FN3O4S/c26-19-8-6-17(7-9-19)21-10-11-22(34-21)25(32)28-27-24(31)18-12-14-29(15-13-18)23(30)16-33-20-4-2-1-3-5-20/h1-11,18H,12-16H2,(H,27,31)(H,28,32). The van der Waals surface area contributed by atoms with Crippen LogP contribution in [0.2, 0.25) is 0 Å². The molecule has 34 heavy (non-hydrogen) atoms.